The second-order valence-corrected chi connectivity index (χ2v) is 8.63. The number of allylic oxidation sites excluding steroid dienone is 1. The van der Waals surface area contributed by atoms with E-state index in [1.807, 2.05) is 6.08 Å². The number of rotatable bonds is 2. The highest BCUT2D eigenvalue weighted by molar-refractivity contribution is 6.29. The predicted octanol–water partition coefficient (Wildman–Crippen LogP) is 8.16. The van der Waals surface area contributed by atoms with Crippen molar-refractivity contribution in [3.63, 3.8) is 0 Å². The fraction of sp³-hybridized carbons (Fsp3) is 0.0667. The molecule has 2 heteroatoms. The van der Waals surface area contributed by atoms with Gasteiger partial charge in [-0.2, -0.15) is 0 Å². The number of aryl methyl sites for hydroxylation is 1. The number of para-hydroxylation sites is 2. The monoisotopic (exact) mass is 410 g/mol. The Hall–Kier alpha value is -4.04. The molecular weight excluding hydrogens is 388 g/mol. The van der Waals surface area contributed by atoms with Crippen molar-refractivity contribution in [3.8, 4) is 0 Å². The number of hydrogen-bond donors (Lipinski definition) is 0. The largest absolute Gasteiger partial charge is 0.343 e. The number of benzene rings is 4. The van der Waals surface area contributed by atoms with E-state index in [-0.39, 0.29) is 0 Å². The average Bonchev–Trinajstić information content (AvgIpc) is 3.44. The van der Waals surface area contributed by atoms with Gasteiger partial charge in [0.2, 0.25) is 0 Å². The highest BCUT2D eigenvalue weighted by Gasteiger charge is 2.20. The van der Waals surface area contributed by atoms with Gasteiger partial charge in [0.05, 0.1) is 22.1 Å². The van der Waals surface area contributed by atoms with Gasteiger partial charge in [-0.15, -0.1) is 0 Å². The normalized spacial score (nSPS) is 12.7. The van der Waals surface area contributed by atoms with E-state index in [1.54, 1.807) is 0 Å². The Labute approximate surface area is 185 Å². The van der Waals surface area contributed by atoms with Crippen LogP contribution in [-0.4, -0.2) is 8.97 Å². The van der Waals surface area contributed by atoms with Crippen molar-refractivity contribution >= 4 is 71.9 Å². The maximum Gasteiger partial charge on any atom is 0.0620 e. The van der Waals surface area contributed by atoms with Gasteiger partial charge in [-0.25, -0.2) is 0 Å². The molecule has 7 aromatic rings. The van der Waals surface area contributed by atoms with E-state index in [1.165, 1.54) is 65.3 Å². The zero-order chi connectivity index (χ0) is 21.6. The van der Waals surface area contributed by atoms with Gasteiger partial charge in [-0.3, -0.25) is 0 Å². The van der Waals surface area contributed by atoms with Crippen molar-refractivity contribution in [1.29, 1.82) is 0 Å². The molecule has 0 N–H and O–H groups in total. The van der Waals surface area contributed by atoms with E-state index in [0.717, 1.165) is 5.69 Å². The molecule has 0 radical (unpaired) electrons. The summed E-state index contributed by atoms with van der Waals surface area (Å²) < 4.78 is 4.77. The minimum atomic E-state index is 1.16. The highest BCUT2D eigenvalue weighted by Crippen LogP contribution is 2.43. The maximum atomic E-state index is 4.09. The zero-order valence-electron chi connectivity index (χ0n) is 18.2. The molecule has 3 heterocycles. The molecule has 0 bridgehead atoms. The van der Waals surface area contributed by atoms with Crippen molar-refractivity contribution < 1.29 is 0 Å². The van der Waals surface area contributed by atoms with Crippen LogP contribution in [0.25, 0.3) is 71.9 Å². The van der Waals surface area contributed by atoms with Crippen molar-refractivity contribution in [2.75, 3.05) is 0 Å². The van der Waals surface area contributed by atoms with Gasteiger partial charge < -0.3 is 8.97 Å². The van der Waals surface area contributed by atoms with E-state index >= 15 is 0 Å². The summed E-state index contributed by atoms with van der Waals surface area (Å²) in [6, 6.07) is 24.7. The van der Waals surface area contributed by atoms with Crippen LogP contribution in [0.2, 0.25) is 0 Å². The molecule has 0 unspecified atom stereocenters. The molecule has 0 aliphatic carbocycles. The molecule has 0 aliphatic rings. The van der Waals surface area contributed by atoms with Crippen LogP contribution in [0.3, 0.4) is 0 Å². The molecule has 0 atom stereocenters. The Morgan fingerprint density at radius 3 is 1.91 bits per heavy atom. The third-order valence-electron chi connectivity index (χ3n) is 7.14. The third kappa shape index (κ3) is 1.91. The SMILES string of the molecule is C=Cc1c(/C=C\C)c2ccc3c(ccc4c5cccc6c7ccccc7n(c34)c65)c2n1C. The molecule has 32 heavy (non-hydrogen) atoms. The van der Waals surface area contributed by atoms with Gasteiger partial charge in [-0.1, -0.05) is 79.4 Å². The van der Waals surface area contributed by atoms with Crippen LogP contribution in [0.5, 0.6) is 0 Å². The van der Waals surface area contributed by atoms with Gasteiger partial charge in [-0.05, 0) is 19.1 Å². The molecule has 152 valence electrons. The zero-order valence-corrected chi connectivity index (χ0v) is 18.2. The van der Waals surface area contributed by atoms with Crippen molar-refractivity contribution in [1.82, 2.24) is 8.97 Å². The number of fused-ring (bicyclic) bond motifs is 10. The first-order valence-electron chi connectivity index (χ1n) is 11.1. The second kappa shape index (κ2) is 6.02. The topological polar surface area (TPSA) is 9.34 Å². The Morgan fingerprint density at radius 2 is 1.22 bits per heavy atom. The summed E-state index contributed by atoms with van der Waals surface area (Å²) in [5, 5.41) is 9.12. The van der Waals surface area contributed by atoms with Gasteiger partial charge in [0.1, 0.15) is 0 Å². The lowest BCUT2D eigenvalue weighted by Gasteiger charge is -2.07. The first kappa shape index (κ1) is 17.6. The molecule has 4 aromatic carbocycles. The summed E-state index contributed by atoms with van der Waals surface area (Å²) >= 11 is 0. The second-order valence-electron chi connectivity index (χ2n) is 8.63. The first-order chi connectivity index (χ1) is 15.7. The molecule has 0 aliphatic heterocycles. The van der Waals surface area contributed by atoms with Crippen LogP contribution in [-0.2, 0) is 7.05 Å². The summed E-state index contributed by atoms with van der Waals surface area (Å²) in [4.78, 5) is 0. The number of aromatic nitrogens is 2. The lowest BCUT2D eigenvalue weighted by atomic mass is 10.0. The van der Waals surface area contributed by atoms with E-state index in [2.05, 4.69) is 108 Å². The van der Waals surface area contributed by atoms with Crippen molar-refractivity contribution in [2.24, 2.45) is 7.05 Å². The minimum absolute atomic E-state index is 1.16. The molecule has 7 rings (SSSR count). The van der Waals surface area contributed by atoms with Gasteiger partial charge in [0, 0.05) is 56.0 Å². The lowest BCUT2D eigenvalue weighted by molar-refractivity contribution is 0.957. The highest BCUT2D eigenvalue weighted by atomic mass is 15.0. The lowest BCUT2D eigenvalue weighted by Crippen LogP contribution is -1.92. The van der Waals surface area contributed by atoms with Crippen LogP contribution >= 0.6 is 0 Å². The molecule has 0 saturated heterocycles. The molecular formula is C30H22N2. The van der Waals surface area contributed by atoms with Crippen molar-refractivity contribution in [2.45, 2.75) is 6.92 Å². The predicted molar refractivity (Wildman–Crippen MR) is 140 cm³/mol. The molecule has 3 aromatic heterocycles. The average molecular weight is 411 g/mol. The van der Waals surface area contributed by atoms with Crippen LogP contribution in [0.4, 0.5) is 0 Å². The van der Waals surface area contributed by atoms with E-state index in [0.29, 0.717) is 0 Å². The van der Waals surface area contributed by atoms with Crippen molar-refractivity contribution in [3.05, 3.63) is 90.6 Å². The fourth-order valence-corrected chi connectivity index (χ4v) is 5.91. The first-order valence-corrected chi connectivity index (χ1v) is 11.1. The Bertz CT molecular complexity index is 1910. The molecule has 0 spiro atoms. The summed E-state index contributed by atoms with van der Waals surface area (Å²) in [7, 11) is 2.15. The number of nitrogens with zero attached hydrogens (tertiary/aromatic N) is 2. The Morgan fingerprint density at radius 1 is 0.656 bits per heavy atom. The quantitative estimate of drug-likeness (QED) is 0.272. The van der Waals surface area contributed by atoms with E-state index in [9.17, 15) is 0 Å². The summed E-state index contributed by atoms with van der Waals surface area (Å²) in [6.07, 6.45) is 6.26. The van der Waals surface area contributed by atoms with Gasteiger partial charge in [0.15, 0.2) is 0 Å². The maximum absolute atomic E-state index is 4.09. The summed E-state index contributed by atoms with van der Waals surface area (Å²) in [5.41, 5.74) is 7.55. The van der Waals surface area contributed by atoms with Crippen LogP contribution in [0.15, 0.2) is 79.4 Å². The summed E-state index contributed by atoms with van der Waals surface area (Å²) in [6.45, 7) is 6.16. The van der Waals surface area contributed by atoms with Gasteiger partial charge >= 0.3 is 0 Å². The molecule has 0 saturated carbocycles. The standard InChI is InChI=1S/C30H22N2/c1-4-9-18-22-14-16-25-23(28(22)31(3)26(18)5-2)15-17-24-21-12-8-11-20-19-10-6-7-13-27(19)32(29(20)21)30(24)25/h4-17H,2H2,1,3H3/b9-4-. The van der Waals surface area contributed by atoms with Crippen LogP contribution in [0, 0.1) is 0 Å². The third-order valence-corrected chi connectivity index (χ3v) is 7.14. The molecule has 0 fully saturated rings. The molecule has 2 nitrogen and oxygen atoms in total. The smallest absolute Gasteiger partial charge is 0.0620 e. The van der Waals surface area contributed by atoms with E-state index < -0.39 is 0 Å². The summed E-state index contributed by atoms with van der Waals surface area (Å²) in [5.74, 6) is 0. The van der Waals surface area contributed by atoms with Crippen LogP contribution in [0.1, 0.15) is 18.2 Å². The fourth-order valence-electron chi connectivity index (χ4n) is 5.91. The van der Waals surface area contributed by atoms with E-state index in [4.69, 9.17) is 0 Å². The molecule has 0 amide bonds. The Balaban J connectivity index is 1.79. The number of hydrogen-bond acceptors (Lipinski definition) is 0. The minimum Gasteiger partial charge on any atom is -0.343 e. The Kier molecular flexibility index (Phi) is 3.31. The van der Waals surface area contributed by atoms with Crippen LogP contribution < -0.4 is 0 Å². The van der Waals surface area contributed by atoms with Gasteiger partial charge in [0.25, 0.3) is 0 Å².